The van der Waals surface area contributed by atoms with Crippen LogP contribution in [0.15, 0.2) is 70.9 Å². The Balaban J connectivity index is 0.000000203. The van der Waals surface area contributed by atoms with Crippen molar-refractivity contribution < 1.29 is 18.0 Å². The molecule has 2 N–H and O–H groups in total. The van der Waals surface area contributed by atoms with Crippen molar-refractivity contribution in [3.05, 3.63) is 76.0 Å². The quantitative estimate of drug-likeness (QED) is 0.592. The molecular weight excluding hydrogens is 476 g/mol. The lowest BCUT2D eigenvalue weighted by Gasteiger charge is -2.29. The van der Waals surface area contributed by atoms with Gasteiger partial charge in [-0.3, -0.25) is 5.01 Å². The van der Waals surface area contributed by atoms with E-state index in [9.17, 15) is 18.0 Å². The molecule has 178 valence electrons. The zero-order chi connectivity index (χ0) is 23.8. The average Bonchev–Trinajstić information content (AvgIpc) is 2.95. The number of anilines is 1. The summed E-state index contributed by atoms with van der Waals surface area (Å²) in [5, 5.41) is 4.54. The molecule has 1 aliphatic carbocycles. The monoisotopic (exact) mass is 500 g/mol. The summed E-state index contributed by atoms with van der Waals surface area (Å²) in [5.74, 6) is 0. The highest BCUT2D eigenvalue weighted by Gasteiger charge is 2.46. The molecule has 3 aliphatic rings. The molecule has 0 amide bonds. The first-order chi connectivity index (χ1) is 15.8. The van der Waals surface area contributed by atoms with Crippen LogP contribution in [0.25, 0.3) is 0 Å². The summed E-state index contributed by atoms with van der Waals surface area (Å²) >= 11 is 11.7. The fourth-order valence-electron chi connectivity index (χ4n) is 3.68. The van der Waals surface area contributed by atoms with Gasteiger partial charge >= 0.3 is 6.18 Å². The van der Waals surface area contributed by atoms with Crippen molar-refractivity contribution in [3.63, 3.8) is 0 Å². The van der Waals surface area contributed by atoms with E-state index in [0.29, 0.717) is 18.3 Å². The van der Waals surface area contributed by atoms with Gasteiger partial charge in [-0.05, 0) is 36.3 Å². The molecule has 5 nitrogen and oxygen atoms in total. The van der Waals surface area contributed by atoms with Gasteiger partial charge in [0.05, 0.1) is 17.6 Å². The van der Waals surface area contributed by atoms with Gasteiger partial charge in [0, 0.05) is 36.9 Å². The highest BCUT2D eigenvalue weighted by molar-refractivity contribution is 6.31. The maximum absolute atomic E-state index is 13.0. The molecule has 1 aromatic carbocycles. The number of piperazine rings is 1. The standard InChI is InChI=1S/C13H12ClF3N2O.C10H13ClN2/c14-10-11(9-5-3-1-2-4-6-9)18-19(7-8-20)12(10)13(15,16)17;11-9-1-3-10(4-2-9)13-7-5-12-6-8-13/h1-5,8,11,18H,6-7H2;1-4,12H,5-8H2. The third-order valence-corrected chi connectivity index (χ3v) is 5.91. The minimum atomic E-state index is -4.61. The molecule has 4 rings (SSSR count). The minimum Gasteiger partial charge on any atom is -0.369 e. The fourth-order valence-corrected chi connectivity index (χ4v) is 4.20. The molecule has 0 spiro atoms. The van der Waals surface area contributed by atoms with Gasteiger partial charge in [0.2, 0.25) is 0 Å². The molecule has 0 aromatic heterocycles. The summed E-state index contributed by atoms with van der Waals surface area (Å²) in [4.78, 5) is 12.9. The number of nitrogens with zero attached hydrogens (tertiary/aromatic N) is 2. The van der Waals surface area contributed by atoms with E-state index in [0.717, 1.165) is 36.2 Å². The predicted molar refractivity (Wildman–Crippen MR) is 126 cm³/mol. The highest BCUT2D eigenvalue weighted by Crippen LogP contribution is 2.39. The number of carbonyl (C=O) groups is 1. The van der Waals surface area contributed by atoms with Gasteiger partial charge in [-0.1, -0.05) is 53.6 Å². The first kappa shape index (κ1) is 25.4. The number of aldehydes is 1. The molecule has 1 saturated heterocycles. The molecule has 1 fully saturated rings. The number of halogens is 5. The Hall–Kier alpha value is -2.26. The second kappa shape index (κ2) is 11.7. The van der Waals surface area contributed by atoms with Gasteiger partial charge < -0.3 is 15.0 Å². The highest BCUT2D eigenvalue weighted by atomic mass is 35.5. The second-order valence-electron chi connectivity index (χ2n) is 7.51. The maximum atomic E-state index is 13.0. The van der Waals surface area contributed by atoms with Crippen LogP contribution in [0.4, 0.5) is 18.9 Å². The third-order valence-electron chi connectivity index (χ3n) is 5.26. The number of rotatable bonds is 4. The Morgan fingerprint density at radius 3 is 2.39 bits per heavy atom. The summed E-state index contributed by atoms with van der Waals surface area (Å²) in [5.41, 5.74) is 3.60. The summed E-state index contributed by atoms with van der Waals surface area (Å²) in [6, 6.07) is 7.28. The van der Waals surface area contributed by atoms with Crippen molar-refractivity contribution in [2.24, 2.45) is 0 Å². The van der Waals surface area contributed by atoms with Gasteiger partial charge in [0.15, 0.2) is 5.70 Å². The number of allylic oxidation sites excluding steroid dienone is 6. The lowest BCUT2D eigenvalue weighted by molar-refractivity contribution is -0.119. The van der Waals surface area contributed by atoms with Gasteiger partial charge in [0.1, 0.15) is 6.29 Å². The van der Waals surface area contributed by atoms with Crippen molar-refractivity contribution >= 4 is 35.2 Å². The van der Waals surface area contributed by atoms with E-state index in [2.05, 4.69) is 27.8 Å². The zero-order valence-corrected chi connectivity index (χ0v) is 19.3. The largest absolute Gasteiger partial charge is 0.433 e. The Bertz CT molecular complexity index is 936. The number of carbonyl (C=O) groups excluding carboxylic acids is 1. The number of hydrazine groups is 1. The molecule has 0 radical (unpaired) electrons. The normalized spacial score (nSPS) is 20.9. The van der Waals surface area contributed by atoms with Crippen LogP contribution in [0, 0.1) is 0 Å². The lowest BCUT2D eigenvalue weighted by Crippen LogP contribution is -2.43. The predicted octanol–water partition coefficient (Wildman–Crippen LogP) is 4.58. The second-order valence-corrected chi connectivity index (χ2v) is 8.35. The Morgan fingerprint density at radius 1 is 1.06 bits per heavy atom. The SMILES string of the molecule is Clc1ccc(N2CCNCC2)cc1.O=CCN1NC(C2=CC=CC=CC2)C(Cl)=C1C(F)(F)F. The van der Waals surface area contributed by atoms with Crippen LogP contribution in [0.3, 0.4) is 0 Å². The number of hydrogen-bond acceptors (Lipinski definition) is 5. The van der Waals surface area contributed by atoms with Crippen molar-refractivity contribution in [1.29, 1.82) is 0 Å². The molecule has 10 heteroatoms. The number of nitrogens with one attached hydrogen (secondary N) is 2. The molecule has 2 heterocycles. The molecule has 0 saturated carbocycles. The molecule has 1 unspecified atom stereocenters. The fraction of sp³-hybridized carbons (Fsp3) is 0.348. The molecule has 1 aromatic rings. The van der Waals surface area contributed by atoms with E-state index >= 15 is 0 Å². The van der Waals surface area contributed by atoms with Crippen LogP contribution < -0.4 is 15.6 Å². The summed E-state index contributed by atoms with van der Waals surface area (Å²) < 4.78 is 39.1. The number of benzene rings is 1. The Labute approximate surface area is 201 Å². The molecule has 2 aliphatic heterocycles. The average molecular weight is 501 g/mol. The Kier molecular flexibility index (Phi) is 9.02. The van der Waals surface area contributed by atoms with E-state index < -0.39 is 24.5 Å². The molecule has 33 heavy (non-hydrogen) atoms. The van der Waals surface area contributed by atoms with Crippen LogP contribution in [0.5, 0.6) is 0 Å². The first-order valence-corrected chi connectivity index (χ1v) is 11.2. The molecule has 0 bridgehead atoms. The number of alkyl halides is 3. The van der Waals surface area contributed by atoms with Crippen LogP contribution >= 0.6 is 23.2 Å². The van der Waals surface area contributed by atoms with E-state index in [1.54, 1.807) is 18.2 Å². The van der Waals surface area contributed by atoms with Crippen molar-refractivity contribution in [2.75, 3.05) is 37.6 Å². The van der Waals surface area contributed by atoms with Gasteiger partial charge in [-0.25, -0.2) is 5.43 Å². The van der Waals surface area contributed by atoms with Gasteiger partial charge in [-0.15, -0.1) is 0 Å². The maximum Gasteiger partial charge on any atom is 0.433 e. The van der Waals surface area contributed by atoms with E-state index in [4.69, 9.17) is 23.2 Å². The summed E-state index contributed by atoms with van der Waals surface area (Å²) in [6.07, 6.45) is 5.15. The number of hydrogen-bond donors (Lipinski definition) is 2. The lowest BCUT2D eigenvalue weighted by atomic mass is 10.0. The summed E-state index contributed by atoms with van der Waals surface area (Å²) in [6.45, 7) is 3.90. The van der Waals surface area contributed by atoms with Crippen LogP contribution in [-0.2, 0) is 4.79 Å². The molecule has 1 atom stereocenters. The third kappa shape index (κ3) is 6.86. The van der Waals surface area contributed by atoms with E-state index in [-0.39, 0.29) is 5.03 Å². The minimum absolute atomic E-state index is 0.339. The van der Waals surface area contributed by atoms with Crippen LogP contribution in [0.2, 0.25) is 5.02 Å². The zero-order valence-electron chi connectivity index (χ0n) is 17.8. The van der Waals surface area contributed by atoms with Crippen molar-refractivity contribution in [2.45, 2.75) is 18.6 Å². The Morgan fingerprint density at radius 2 is 1.76 bits per heavy atom. The first-order valence-electron chi connectivity index (χ1n) is 10.5. The van der Waals surface area contributed by atoms with Crippen molar-refractivity contribution in [1.82, 2.24) is 15.8 Å². The van der Waals surface area contributed by atoms with Gasteiger partial charge in [-0.2, -0.15) is 13.2 Å². The smallest absolute Gasteiger partial charge is 0.369 e. The van der Waals surface area contributed by atoms with Crippen LogP contribution in [0.1, 0.15) is 6.42 Å². The van der Waals surface area contributed by atoms with Crippen molar-refractivity contribution in [3.8, 4) is 0 Å². The summed E-state index contributed by atoms with van der Waals surface area (Å²) in [7, 11) is 0. The van der Waals surface area contributed by atoms with E-state index in [1.807, 2.05) is 24.3 Å². The van der Waals surface area contributed by atoms with Crippen LogP contribution in [-0.4, -0.2) is 56.2 Å². The molecular formula is C23H25Cl2F3N4O. The topological polar surface area (TPSA) is 47.6 Å². The van der Waals surface area contributed by atoms with E-state index in [1.165, 1.54) is 5.69 Å². The van der Waals surface area contributed by atoms with Gasteiger partial charge in [0.25, 0.3) is 0 Å².